The van der Waals surface area contributed by atoms with E-state index in [1.54, 1.807) is 6.07 Å². The second kappa shape index (κ2) is 9.76. The van der Waals surface area contributed by atoms with Crippen LogP contribution in [0.15, 0.2) is 12.1 Å². The van der Waals surface area contributed by atoms with Crippen LogP contribution in [0.3, 0.4) is 0 Å². The van der Waals surface area contributed by atoms with Crippen molar-refractivity contribution in [3.63, 3.8) is 0 Å². The molecule has 156 valence electrons. The summed E-state index contributed by atoms with van der Waals surface area (Å²) in [4.78, 5) is 0. The Kier molecular flexibility index (Phi) is 6.87. The van der Waals surface area contributed by atoms with Gasteiger partial charge in [-0.15, -0.1) is 0 Å². The molecule has 0 heterocycles. The van der Waals surface area contributed by atoms with E-state index < -0.39 is 0 Å². The standard InChI is InChI=1S/C24H36O4/c25-21-16-17-22(26-18-10-4-1-5-11-18)24(28-20-14-8-3-9-15-20)23(21)27-19-12-6-2-7-13-19/h16-20,25H,1-15H2. The maximum absolute atomic E-state index is 10.6. The van der Waals surface area contributed by atoms with E-state index >= 15 is 0 Å². The third-order valence-electron chi connectivity index (χ3n) is 6.57. The number of benzene rings is 1. The molecule has 0 saturated heterocycles. The number of ether oxygens (including phenoxy) is 3. The van der Waals surface area contributed by atoms with Gasteiger partial charge in [-0.2, -0.15) is 0 Å². The third kappa shape index (κ3) is 5.07. The van der Waals surface area contributed by atoms with Crippen LogP contribution in [0, 0.1) is 0 Å². The predicted molar refractivity (Wildman–Crippen MR) is 111 cm³/mol. The summed E-state index contributed by atoms with van der Waals surface area (Å²) in [7, 11) is 0. The highest BCUT2D eigenvalue weighted by atomic mass is 16.6. The largest absolute Gasteiger partial charge is 0.504 e. The van der Waals surface area contributed by atoms with Crippen molar-refractivity contribution in [3.05, 3.63) is 12.1 Å². The highest BCUT2D eigenvalue weighted by Gasteiger charge is 2.27. The maximum Gasteiger partial charge on any atom is 0.207 e. The quantitative estimate of drug-likeness (QED) is 0.602. The lowest BCUT2D eigenvalue weighted by Crippen LogP contribution is -2.24. The van der Waals surface area contributed by atoms with Gasteiger partial charge in [0, 0.05) is 0 Å². The van der Waals surface area contributed by atoms with E-state index in [1.165, 1.54) is 57.8 Å². The Bertz CT molecular complexity index is 611. The highest BCUT2D eigenvalue weighted by molar-refractivity contribution is 5.58. The van der Waals surface area contributed by atoms with E-state index in [4.69, 9.17) is 14.2 Å². The first-order valence-corrected chi connectivity index (χ1v) is 11.7. The summed E-state index contributed by atoms with van der Waals surface area (Å²) in [6.45, 7) is 0. The van der Waals surface area contributed by atoms with Crippen molar-refractivity contribution in [2.45, 2.75) is 115 Å². The van der Waals surface area contributed by atoms with Crippen LogP contribution in [0.2, 0.25) is 0 Å². The van der Waals surface area contributed by atoms with Gasteiger partial charge in [-0.1, -0.05) is 19.3 Å². The molecule has 0 atom stereocenters. The molecule has 1 aromatic rings. The SMILES string of the molecule is Oc1ccc(OC2CCCCC2)c(OC2CCCCC2)c1OC1CCCCC1. The molecule has 3 aliphatic carbocycles. The molecule has 0 aromatic heterocycles. The van der Waals surface area contributed by atoms with Crippen molar-refractivity contribution >= 4 is 0 Å². The average Bonchev–Trinajstić information content (AvgIpc) is 2.75. The van der Waals surface area contributed by atoms with Crippen molar-refractivity contribution in [1.29, 1.82) is 0 Å². The van der Waals surface area contributed by atoms with Crippen molar-refractivity contribution in [3.8, 4) is 23.0 Å². The summed E-state index contributed by atoms with van der Waals surface area (Å²) in [5.74, 6) is 2.07. The molecular weight excluding hydrogens is 352 g/mol. The highest BCUT2D eigenvalue weighted by Crippen LogP contribution is 2.47. The molecule has 0 amide bonds. The zero-order valence-electron chi connectivity index (χ0n) is 17.2. The van der Waals surface area contributed by atoms with E-state index in [-0.39, 0.29) is 24.1 Å². The fraction of sp³-hybridized carbons (Fsp3) is 0.750. The van der Waals surface area contributed by atoms with Crippen LogP contribution in [-0.2, 0) is 0 Å². The van der Waals surface area contributed by atoms with Crippen molar-refractivity contribution in [1.82, 2.24) is 0 Å². The van der Waals surface area contributed by atoms with Gasteiger partial charge in [0.25, 0.3) is 0 Å². The fourth-order valence-electron chi connectivity index (χ4n) is 4.91. The molecule has 3 fully saturated rings. The molecular formula is C24H36O4. The van der Waals surface area contributed by atoms with Gasteiger partial charge in [0.05, 0.1) is 18.3 Å². The Morgan fingerprint density at radius 2 is 0.964 bits per heavy atom. The van der Waals surface area contributed by atoms with Gasteiger partial charge in [0.1, 0.15) is 0 Å². The Morgan fingerprint density at radius 1 is 0.536 bits per heavy atom. The first-order chi connectivity index (χ1) is 13.8. The van der Waals surface area contributed by atoms with Crippen molar-refractivity contribution in [2.24, 2.45) is 0 Å². The van der Waals surface area contributed by atoms with Crippen LogP contribution in [0.25, 0.3) is 0 Å². The molecule has 4 nitrogen and oxygen atoms in total. The van der Waals surface area contributed by atoms with Crippen LogP contribution in [0.5, 0.6) is 23.0 Å². The van der Waals surface area contributed by atoms with E-state index in [0.717, 1.165) is 44.3 Å². The molecule has 4 heteroatoms. The number of hydrogen-bond donors (Lipinski definition) is 1. The Balaban J connectivity index is 1.58. The van der Waals surface area contributed by atoms with Gasteiger partial charge in [0.15, 0.2) is 11.5 Å². The molecule has 4 rings (SSSR count). The summed E-state index contributed by atoms with van der Waals surface area (Å²) >= 11 is 0. The molecule has 3 aliphatic rings. The van der Waals surface area contributed by atoms with E-state index in [2.05, 4.69) is 0 Å². The predicted octanol–water partition coefficient (Wildman–Crippen LogP) is 6.53. The second-order valence-electron chi connectivity index (χ2n) is 8.87. The molecule has 1 aromatic carbocycles. The van der Waals surface area contributed by atoms with Gasteiger partial charge in [-0.05, 0) is 89.2 Å². The summed E-state index contributed by atoms with van der Waals surface area (Å²) < 4.78 is 19.2. The third-order valence-corrected chi connectivity index (χ3v) is 6.57. The zero-order valence-corrected chi connectivity index (χ0v) is 17.2. The Hall–Kier alpha value is -1.58. The maximum atomic E-state index is 10.6. The lowest BCUT2D eigenvalue weighted by atomic mass is 9.97. The van der Waals surface area contributed by atoms with E-state index in [1.807, 2.05) is 6.07 Å². The lowest BCUT2D eigenvalue weighted by molar-refractivity contribution is 0.104. The molecule has 0 radical (unpaired) electrons. The fourth-order valence-corrected chi connectivity index (χ4v) is 4.91. The summed E-state index contributed by atoms with van der Waals surface area (Å²) in [6, 6.07) is 3.58. The van der Waals surface area contributed by atoms with E-state index in [9.17, 15) is 5.11 Å². The summed E-state index contributed by atoms with van der Waals surface area (Å²) in [5, 5.41) is 10.6. The first kappa shape index (κ1) is 19.7. The molecule has 3 saturated carbocycles. The van der Waals surface area contributed by atoms with Crippen LogP contribution >= 0.6 is 0 Å². The molecule has 0 spiro atoms. The van der Waals surface area contributed by atoms with Crippen LogP contribution in [0.1, 0.15) is 96.3 Å². The molecule has 0 unspecified atom stereocenters. The number of phenolic OH excluding ortho intramolecular Hbond substituents is 1. The topological polar surface area (TPSA) is 47.9 Å². The minimum absolute atomic E-state index is 0.165. The first-order valence-electron chi connectivity index (χ1n) is 11.7. The van der Waals surface area contributed by atoms with Crippen LogP contribution in [0.4, 0.5) is 0 Å². The van der Waals surface area contributed by atoms with Crippen molar-refractivity contribution < 1.29 is 19.3 Å². The Morgan fingerprint density at radius 3 is 1.46 bits per heavy atom. The molecule has 0 bridgehead atoms. The average molecular weight is 389 g/mol. The number of rotatable bonds is 6. The monoisotopic (exact) mass is 388 g/mol. The van der Waals surface area contributed by atoms with Gasteiger partial charge in [-0.3, -0.25) is 0 Å². The normalized spacial score (nSPS) is 22.7. The minimum Gasteiger partial charge on any atom is -0.504 e. The van der Waals surface area contributed by atoms with E-state index in [0.29, 0.717) is 11.5 Å². The zero-order chi connectivity index (χ0) is 19.2. The lowest BCUT2D eigenvalue weighted by Gasteiger charge is -2.30. The van der Waals surface area contributed by atoms with Gasteiger partial charge in [-0.25, -0.2) is 0 Å². The summed E-state index contributed by atoms with van der Waals surface area (Å²) in [6.07, 6.45) is 18.2. The summed E-state index contributed by atoms with van der Waals surface area (Å²) in [5.41, 5.74) is 0. The van der Waals surface area contributed by atoms with Crippen LogP contribution < -0.4 is 14.2 Å². The molecule has 28 heavy (non-hydrogen) atoms. The minimum atomic E-state index is 0.165. The van der Waals surface area contributed by atoms with Gasteiger partial charge < -0.3 is 19.3 Å². The number of hydrogen-bond acceptors (Lipinski definition) is 4. The number of aromatic hydroxyl groups is 1. The molecule has 1 N–H and O–H groups in total. The Labute approximate surface area is 169 Å². The smallest absolute Gasteiger partial charge is 0.207 e. The number of phenols is 1. The second-order valence-corrected chi connectivity index (χ2v) is 8.87. The molecule has 0 aliphatic heterocycles. The van der Waals surface area contributed by atoms with Gasteiger partial charge >= 0.3 is 0 Å². The van der Waals surface area contributed by atoms with Gasteiger partial charge in [0.2, 0.25) is 11.5 Å². The van der Waals surface area contributed by atoms with Crippen molar-refractivity contribution in [2.75, 3.05) is 0 Å². The van der Waals surface area contributed by atoms with Crippen LogP contribution in [-0.4, -0.2) is 23.4 Å².